The Morgan fingerprint density at radius 1 is 1.30 bits per heavy atom. The average Bonchev–Trinajstić information content (AvgIpc) is 2.62. The van der Waals surface area contributed by atoms with Crippen LogP contribution in [0.25, 0.3) is 0 Å². The Morgan fingerprint density at radius 2 is 2.00 bits per heavy atom. The van der Waals surface area contributed by atoms with Gasteiger partial charge in [0.25, 0.3) is 5.91 Å². The number of nitrogens with zero attached hydrogens (tertiary/aromatic N) is 1. The number of rotatable bonds is 3. The molecule has 0 bridgehead atoms. The number of likely N-dealkylation sites (N-methyl/N-ethyl adjacent to an activating group) is 1. The van der Waals surface area contributed by atoms with Crippen molar-refractivity contribution in [1.29, 1.82) is 0 Å². The lowest BCUT2D eigenvalue weighted by molar-refractivity contribution is -0.137. The zero-order valence-electron chi connectivity index (χ0n) is 14.9. The van der Waals surface area contributed by atoms with Crippen LogP contribution in [0.4, 0.5) is 18.9 Å². The van der Waals surface area contributed by atoms with Gasteiger partial charge in [0.05, 0.1) is 16.2 Å². The highest BCUT2D eigenvalue weighted by Gasteiger charge is 2.33. The van der Waals surface area contributed by atoms with E-state index in [1.807, 2.05) is 6.92 Å². The smallest absolute Gasteiger partial charge is 0.336 e. The summed E-state index contributed by atoms with van der Waals surface area (Å²) in [5, 5.41) is 2.47. The monoisotopic (exact) mass is 398 g/mol. The number of thioether (sulfide) groups is 1. The summed E-state index contributed by atoms with van der Waals surface area (Å²) in [5.41, 5.74) is -0.704. The summed E-state index contributed by atoms with van der Waals surface area (Å²) in [6.45, 7) is 2.47. The molecule has 1 heterocycles. The quantitative estimate of drug-likeness (QED) is 0.743. The molecule has 0 aromatic heterocycles. The number of anilines is 1. The maximum atomic E-state index is 12.8. The van der Waals surface area contributed by atoms with Crippen LogP contribution in [-0.2, 0) is 15.8 Å². The predicted molar refractivity (Wildman–Crippen MR) is 98.3 cm³/mol. The van der Waals surface area contributed by atoms with Crippen molar-refractivity contribution in [3.8, 4) is 0 Å². The molecular formula is C19H21F3N2O2S. The molecule has 0 spiro atoms. The third kappa shape index (κ3) is 4.48. The summed E-state index contributed by atoms with van der Waals surface area (Å²) in [6.07, 6.45) is 2.12. The minimum atomic E-state index is -4.47. The van der Waals surface area contributed by atoms with Gasteiger partial charge in [-0.2, -0.15) is 13.2 Å². The molecule has 146 valence electrons. The van der Waals surface area contributed by atoms with Crippen LogP contribution >= 0.6 is 11.8 Å². The van der Waals surface area contributed by atoms with E-state index in [-0.39, 0.29) is 22.5 Å². The van der Waals surface area contributed by atoms with Gasteiger partial charge < -0.3 is 10.2 Å². The molecule has 3 rings (SSSR count). The molecule has 2 aliphatic rings. The Hall–Kier alpha value is -1.96. The fourth-order valence-corrected chi connectivity index (χ4v) is 4.41. The van der Waals surface area contributed by atoms with Crippen LogP contribution in [0.1, 0.15) is 44.6 Å². The lowest BCUT2D eigenvalue weighted by atomic mass is 9.94. The first-order valence-corrected chi connectivity index (χ1v) is 9.84. The van der Waals surface area contributed by atoms with Crippen molar-refractivity contribution < 1.29 is 22.8 Å². The van der Waals surface area contributed by atoms with Gasteiger partial charge in [-0.25, -0.2) is 0 Å². The average molecular weight is 398 g/mol. The lowest BCUT2D eigenvalue weighted by Gasteiger charge is -2.33. The summed E-state index contributed by atoms with van der Waals surface area (Å²) in [7, 11) is 0. The van der Waals surface area contributed by atoms with Crippen molar-refractivity contribution in [2.24, 2.45) is 0 Å². The van der Waals surface area contributed by atoms with Crippen LogP contribution in [0, 0.1) is 0 Å². The molecule has 0 saturated heterocycles. The molecule has 1 saturated carbocycles. The van der Waals surface area contributed by atoms with Gasteiger partial charge >= 0.3 is 6.18 Å². The van der Waals surface area contributed by atoms with Crippen LogP contribution in [0.3, 0.4) is 0 Å². The molecule has 8 heteroatoms. The van der Waals surface area contributed by atoms with Gasteiger partial charge in [-0.15, -0.1) is 0 Å². The molecule has 0 unspecified atom stereocenters. The van der Waals surface area contributed by atoms with Crippen LogP contribution < -0.4 is 5.32 Å². The molecule has 27 heavy (non-hydrogen) atoms. The van der Waals surface area contributed by atoms with Gasteiger partial charge in [-0.3, -0.25) is 9.59 Å². The highest BCUT2D eigenvalue weighted by Crippen LogP contribution is 2.41. The number of fused-ring (bicyclic) bond motifs is 1. The Kier molecular flexibility index (Phi) is 5.83. The Balaban J connectivity index is 1.79. The summed E-state index contributed by atoms with van der Waals surface area (Å²) in [6, 6.07) is 3.40. The van der Waals surface area contributed by atoms with Gasteiger partial charge in [0.2, 0.25) is 5.91 Å². The fraction of sp³-hybridized carbons (Fsp3) is 0.474. The number of carbonyl (C=O) groups is 2. The molecule has 1 aliphatic carbocycles. The Labute approximate surface area is 160 Å². The zero-order chi connectivity index (χ0) is 19.6. The number of alkyl halides is 3. The summed E-state index contributed by atoms with van der Waals surface area (Å²) < 4.78 is 38.5. The van der Waals surface area contributed by atoms with Crippen molar-refractivity contribution in [3.05, 3.63) is 34.7 Å². The molecule has 1 aliphatic heterocycles. The third-order valence-corrected chi connectivity index (χ3v) is 5.99. The second kappa shape index (κ2) is 7.96. The third-order valence-electron chi connectivity index (χ3n) is 4.89. The van der Waals surface area contributed by atoms with Crippen molar-refractivity contribution >= 4 is 29.3 Å². The number of amides is 2. The van der Waals surface area contributed by atoms with E-state index < -0.39 is 17.6 Å². The number of benzene rings is 1. The van der Waals surface area contributed by atoms with Gasteiger partial charge in [0, 0.05) is 23.6 Å². The van der Waals surface area contributed by atoms with E-state index in [4.69, 9.17) is 0 Å². The maximum Gasteiger partial charge on any atom is 0.416 e. The van der Waals surface area contributed by atoms with E-state index in [2.05, 4.69) is 5.32 Å². The molecule has 1 aromatic rings. The minimum absolute atomic E-state index is 0.115. The SMILES string of the molecule is CCN(C(=O)/C=C1\Sc2ccc(C(F)(F)F)cc2NC1=O)C1CCCCC1. The molecule has 4 nitrogen and oxygen atoms in total. The summed E-state index contributed by atoms with van der Waals surface area (Å²) >= 11 is 1.02. The van der Waals surface area contributed by atoms with Gasteiger partial charge in [0.15, 0.2) is 0 Å². The normalized spacial score (nSPS) is 19.6. The predicted octanol–water partition coefficient (Wildman–Crippen LogP) is 4.81. The zero-order valence-corrected chi connectivity index (χ0v) is 15.8. The van der Waals surface area contributed by atoms with E-state index >= 15 is 0 Å². The van der Waals surface area contributed by atoms with Crippen LogP contribution in [0.2, 0.25) is 0 Å². The van der Waals surface area contributed by atoms with Crippen LogP contribution in [0.5, 0.6) is 0 Å². The highest BCUT2D eigenvalue weighted by molar-refractivity contribution is 8.04. The lowest BCUT2D eigenvalue weighted by Crippen LogP contribution is -2.40. The highest BCUT2D eigenvalue weighted by atomic mass is 32.2. The maximum absolute atomic E-state index is 12.8. The minimum Gasteiger partial charge on any atom is -0.336 e. The van der Waals surface area contributed by atoms with Gasteiger partial charge in [0.1, 0.15) is 0 Å². The summed E-state index contributed by atoms with van der Waals surface area (Å²) in [4.78, 5) is 27.4. The van der Waals surface area contributed by atoms with E-state index in [1.54, 1.807) is 4.90 Å². The summed E-state index contributed by atoms with van der Waals surface area (Å²) in [5.74, 6) is -0.780. The standard InChI is InChI=1S/C19H21F3N2O2S/c1-2-24(13-6-4-3-5-7-13)17(25)11-16-18(26)23-14-10-12(19(20,21)22)8-9-15(14)27-16/h8-11,13H,2-7H2,1H3,(H,23,26)/b16-11-. The number of halogens is 3. The largest absolute Gasteiger partial charge is 0.416 e. The molecular weight excluding hydrogens is 377 g/mol. The number of hydrogen-bond acceptors (Lipinski definition) is 3. The van der Waals surface area contributed by atoms with Crippen LogP contribution in [-0.4, -0.2) is 29.3 Å². The van der Waals surface area contributed by atoms with Crippen molar-refractivity contribution in [3.63, 3.8) is 0 Å². The van der Waals surface area contributed by atoms with E-state index in [0.29, 0.717) is 11.4 Å². The van der Waals surface area contributed by atoms with E-state index in [1.165, 1.54) is 18.6 Å². The van der Waals surface area contributed by atoms with E-state index in [9.17, 15) is 22.8 Å². The molecule has 1 N–H and O–H groups in total. The Bertz CT molecular complexity index is 771. The van der Waals surface area contributed by atoms with Gasteiger partial charge in [-0.1, -0.05) is 31.0 Å². The molecule has 1 fully saturated rings. The van der Waals surface area contributed by atoms with Gasteiger partial charge in [-0.05, 0) is 38.0 Å². The van der Waals surface area contributed by atoms with Crippen molar-refractivity contribution in [1.82, 2.24) is 4.90 Å². The number of hydrogen-bond donors (Lipinski definition) is 1. The van der Waals surface area contributed by atoms with Crippen molar-refractivity contribution in [2.45, 2.75) is 56.1 Å². The van der Waals surface area contributed by atoms with Crippen molar-refractivity contribution in [2.75, 3.05) is 11.9 Å². The molecule has 1 aromatic carbocycles. The molecule has 2 amide bonds. The molecule has 0 radical (unpaired) electrons. The first-order valence-electron chi connectivity index (χ1n) is 9.02. The second-order valence-corrected chi connectivity index (χ2v) is 7.77. The Morgan fingerprint density at radius 3 is 2.63 bits per heavy atom. The second-order valence-electron chi connectivity index (χ2n) is 6.69. The first-order chi connectivity index (χ1) is 12.8. The number of carbonyl (C=O) groups excluding carboxylic acids is 2. The van der Waals surface area contributed by atoms with Crippen LogP contribution in [0.15, 0.2) is 34.1 Å². The topological polar surface area (TPSA) is 49.4 Å². The molecule has 0 atom stereocenters. The first kappa shape index (κ1) is 19.8. The fourth-order valence-electron chi connectivity index (χ4n) is 3.52. The number of nitrogens with one attached hydrogen (secondary N) is 1. The van der Waals surface area contributed by atoms with E-state index in [0.717, 1.165) is 49.6 Å².